The minimum atomic E-state index is -4.33. The highest BCUT2D eigenvalue weighted by Crippen LogP contribution is 2.35. The van der Waals surface area contributed by atoms with Crippen LogP contribution >= 0.6 is 11.8 Å². The van der Waals surface area contributed by atoms with Crippen LogP contribution in [-0.4, -0.2) is 23.6 Å². The van der Waals surface area contributed by atoms with Gasteiger partial charge >= 0.3 is 6.18 Å². The first-order valence-corrected chi connectivity index (χ1v) is 8.13. The summed E-state index contributed by atoms with van der Waals surface area (Å²) in [6.07, 6.45) is -4.33. The van der Waals surface area contributed by atoms with E-state index in [4.69, 9.17) is 0 Å². The number of hydrogen-bond donors (Lipinski definition) is 1. The molecule has 3 nitrogen and oxygen atoms in total. The standard InChI is InChI=1S/C17H14F3N3S/c18-17(19,20)11-21-16-23-22-14(12-7-3-1-4-8-12)15(24-16)13-9-5-2-6-10-13/h1-10,15H,11H2,(H,21,23)/t15-/m0/s1. The average molecular weight is 349 g/mol. The summed E-state index contributed by atoms with van der Waals surface area (Å²) in [4.78, 5) is 3.59. The first-order chi connectivity index (χ1) is 11.5. The monoisotopic (exact) mass is 349 g/mol. The van der Waals surface area contributed by atoms with E-state index in [0.717, 1.165) is 16.8 Å². The molecule has 7 heteroatoms. The molecule has 24 heavy (non-hydrogen) atoms. The fraction of sp³-hybridized carbons (Fsp3) is 0.176. The van der Waals surface area contributed by atoms with Gasteiger partial charge in [0.2, 0.25) is 0 Å². The SMILES string of the molecule is FC(F)(F)CN=C1NN=C(c2ccccc2)[C@H](c2ccccc2)S1. The maximum atomic E-state index is 12.4. The molecular weight excluding hydrogens is 335 g/mol. The van der Waals surface area contributed by atoms with Crippen LogP contribution in [0.1, 0.15) is 16.4 Å². The number of aliphatic imine (C=N–C) groups is 1. The van der Waals surface area contributed by atoms with Gasteiger partial charge in [-0.1, -0.05) is 72.4 Å². The average Bonchev–Trinajstić information content (AvgIpc) is 2.61. The second-order valence-electron chi connectivity index (χ2n) is 5.12. The fourth-order valence-electron chi connectivity index (χ4n) is 2.27. The van der Waals surface area contributed by atoms with Crippen LogP contribution in [0, 0.1) is 0 Å². The summed E-state index contributed by atoms with van der Waals surface area (Å²) < 4.78 is 37.2. The number of halogens is 3. The predicted molar refractivity (Wildman–Crippen MR) is 91.2 cm³/mol. The number of hydrogen-bond acceptors (Lipinski definition) is 3. The third-order valence-corrected chi connectivity index (χ3v) is 4.50. The topological polar surface area (TPSA) is 36.8 Å². The number of rotatable bonds is 3. The highest BCUT2D eigenvalue weighted by Gasteiger charge is 2.30. The molecule has 0 aliphatic carbocycles. The number of alkyl halides is 3. The van der Waals surface area contributed by atoms with E-state index in [2.05, 4.69) is 15.5 Å². The fourth-order valence-corrected chi connectivity index (χ4v) is 3.33. The van der Waals surface area contributed by atoms with Crippen molar-refractivity contribution in [1.82, 2.24) is 5.43 Å². The van der Waals surface area contributed by atoms with Crippen molar-refractivity contribution in [2.45, 2.75) is 11.4 Å². The molecule has 3 rings (SSSR count). The van der Waals surface area contributed by atoms with Gasteiger partial charge in [-0.15, -0.1) is 0 Å². The smallest absolute Gasteiger partial charge is 0.256 e. The van der Waals surface area contributed by atoms with Crippen LogP contribution in [0.5, 0.6) is 0 Å². The highest BCUT2D eigenvalue weighted by atomic mass is 32.2. The first kappa shape index (κ1) is 16.6. The van der Waals surface area contributed by atoms with Crippen molar-refractivity contribution in [1.29, 1.82) is 0 Å². The zero-order chi connectivity index (χ0) is 17.0. The van der Waals surface area contributed by atoms with Gasteiger partial charge in [-0.3, -0.25) is 10.4 Å². The van der Waals surface area contributed by atoms with Gasteiger partial charge in [-0.05, 0) is 11.1 Å². The molecule has 1 aliphatic rings. The lowest BCUT2D eigenvalue weighted by Crippen LogP contribution is -2.29. The third kappa shape index (κ3) is 4.17. The number of thioether (sulfide) groups is 1. The summed E-state index contributed by atoms with van der Waals surface area (Å²) in [5, 5.41) is 4.23. The number of nitrogens with zero attached hydrogens (tertiary/aromatic N) is 2. The molecule has 0 radical (unpaired) electrons. The maximum Gasteiger partial charge on any atom is 0.408 e. The Balaban J connectivity index is 1.94. The Morgan fingerprint density at radius 2 is 1.62 bits per heavy atom. The first-order valence-electron chi connectivity index (χ1n) is 7.25. The third-order valence-electron chi connectivity index (χ3n) is 3.32. The molecule has 1 aliphatic heterocycles. The van der Waals surface area contributed by atoms with Gasteiger partial charge in [0.1, 0.15) is 6.54 Å². The van der Waals surface area contributed by atoms with Gasteiger partial charge in [0.25, 0.3) is 0 Å². The van der Waals surface area contributed by atoms with Crippen molar-refractivity contribution < 1.29 is 13.2 Å². The molecule has 0 fully saturated rings. The van der Waals surface area contributed by atoms with Crippen molar-refractivity contribution in [3.05, 3.63) is 71.8 Å². The number of benzene rings is 2. The van der Waals surface area contributed by atoms with E-state index in [1.54, 1.807) is 0 Å². The molecule has 124 valence electrons. The summed E-state index contributed by atoms with van der Waals surface area (Å²) in [6, 6.07) is 19.1. The van der Waals surface area contributed by atoms with Crippen LogP contribution < -0.4 is 5.43 Å². The van der Waals surface area contributed by atoms with Crippen LogP contribution in [0.15, 0.2) is 70.8 Å². The molecule has 0 spiro atoms. The molecule has 1 atom stereocenters. The largest absolute Gasteiger partial charge is 0.408 e. The Morgan fingerprint density at radius 1 is 1.00 bits per heavy atom. The summed E-state index contributed by atoms with van der Waals surface area (Å²) in [5.74, 6) is 0. The van der Waals surface area contributed by atoms with E-state index in [1.165, 1.54) is 11.8 Å². The lowest BCUT2D eigenvalue weighted by atomic mass is 10.0. The highest BCUT2D eigenvalue weighted by molar-refractivity contribution is 8.14. The zero-order valence-corrected chi connectivity index (χ0v) is 13.3. The van der Waals surface area contributed by atoms with Gasteiger partial charge < -0.3 is 0 Å². The molecule has 0 saturated heterocycles. The Labute approximate surface area is 141 Å². The number of nitrogens with one attached hydrogen (secondary N) is 1. The molecule has 0 unspecified atom stereocenters. The van der Waals surface area contributed by atoms with Crippen LogP contribution in [-0.2, 0) is 0 Å². The molecule has 0 aromatic heterocycles. The van der Waals surface area contributed by atoms with E-state index in [-0.39, 0.29) is 10.4 Å². The van der Waals surface area contributed by atoms with Crippen LogP contribution in [0.4, 0.5) is 13.2 Å². The van der Waals surface area contributed by atoms with Crippen molar-refractivity contribution >= 4 is 22.6 Å². The number of amidine groups is 1. The molecule has 2 aromatic rings. The number of hydrazone groups is 1. The van der Waals surface area contributed by atoms with Gasteiger partial charge in [-0.25, -0.2) is 0 Å². The van der Waals surface area contributed by atoms with Gasteiger partial charge in [-0.2, -0.15) is 18.3 Å². The Bertz CT molecular complexity index is 743. The Morgan fingerprint density at radius 3 is 2.25 bits per heavy atom. The molecular formula is C17H14F3N3S. The van der Waals surface area contributed by atoms with Crippen LogP contribution in [0.25, 0.3) is 0 Å². The van der Waals surface area contributed by atoms with E-state index >= 15 is 0 Å². The van der Waals surface area contributed by atoms with Crippen molar-refractivity contribution in [3.63, 3.8) is 0 Å². The second-order valence-corrected chi connectivity index (χ2v) is 6.21. The zero-order valence-electron chi connectivity index (χ0n) is 12.5. The lowest BCUT2D eigenvalue weighted by Gasteiger charge is -2.25. The van der Waals surface area contributed by atoms with E-state index in [0.29, 0.717) is 0 Å². The van der Waals surface area contributed by atoms with Gasteiger partial charge in [0.05, 0.1) is 11.0 Å². The van der Waals surface area contributed by atoms with E-state index in [1.807, 2.05) is 60.7 Å². The summed E-state index contributed by atoms with van der Waals surface area (Å²) in [5.41, 5.74) is 5.28. The molecule has 0 amide bonds. The van der Waals surface area contributed by atoms with E-state index in [9.17, 15) is 13.2 Å². The quantitative estimate of drug-likeness (QED) is 0.892. The molecule has 2 aromatic carbocycles. The predicted octanol–water partition coefficient (Wildman–Crippen LogP) is 4.39. The molecule has 0 saturated carbocycles. The van der Waals surface area contributed by atoms with Crippen LogP contribution in [0.2, 0.25) is 0 Å². The summed E-state index contributed by atoms with van der Waals surface area (Å²) in [7, 11) is 0. The molecule has 0 bridgehead atoms. The van der Waals surface area contributed by atoms with Gasteiger partial charge in [0.15, 0.2) is 5.17 Å². The van der Waals surface area contributed by atoms with E-state index < -0.39 is 12.7 Å². The Kier molecular flexibility index (Phi) is 4.89. The van der Waals surface area contributed by atoms with Crippen molar-refractivity contribution in [3.8, 4) is 0 Å². The summed E-state index contributed by atoms with van der Waals surface area (Å²) in [6.45, 7) is -1.22. The van der Waals surface area contributed by atoms with Crippen LogP contribution in [0.3, 0.4) is 0 Å². The molecule has 1 N–H and O–H groups in total. The second kappa shape index (κ2) is 7.09. The minimum Gasteiger partial charge on any atom is -0.256 e. The normalized spacial score (nSPS) is 19.7. The van der Waals surface area contributed by atoms with Gasteiger partial charge in [0, 0.05) is 0 Å². The lowest BCUT2D eigenvalue weighted by molar-refractivity contribution is -0.118. The van der Waals surface area contributed by atoms with Crippen molar-refractivity contribution in [2.24, 2.45) is 10.1 Å². The maximum absolute atomic E-state index is 12.4. The van der Waals surface area contributed by atoms with Crippen molar-refractivity contribution in [2.75, 3.05) is 6.54 Å². The Hall–Kier alpha value is -2.28. The summed E-state index contributed by atoms with van der Waals surface area (Å²) >= 11 is 1.24. The minimum absolute atomic E-state index is 0.167. The molecule has 1 heterocycles.